The molecule has 0 bridgehead atoms. The molecule has 1 aromatic carbocycles. The third-order valence-corrected chi connectivity index (χ3v) is 5.16. The van der Waals surface area contributed by atoms with Gasteiger partial charge in [0.25, 0.3) is 0 Å². The maximum Gasteiger partial charge on any atom is 0.246 e. The van der Waals surface area contributed by atoms with E-state index in [4.69, 9.17) is 4.74 Å². The SMILES string of the molecule is O=C(COCc1ccccc1)NCC(=O)N[C@H]1CCS(=O)(=O)C1. The highest BCUT2D eigenvalue weighted by atomic mass is 32.2. The molecular weight excluding hydrogens is 320 g/mol. The molecule has 1 aliphatic rings. The first-order valence-electron chi connectivity index (χ1n) is 7.33. The number of sulfone groups is 1. The number of benzene rings is 1. The van der Waals surface area contributed by atoms with Gasteiger partial charge in [-0.3, -0.25) is 9.59 Å². The first kappa shape index (κ1) is 17.4. The van der Waals surface area contributed by atoms with Gasteiger partial charge in [0.2, 0.25) is 11.8 Å². The molecule has 0 spiro atoms. The van der Waals surface area contributed by atoms with Gasteiger partial charge in [-0.1, -0.05) is 30.3 Å². The molecule has 2 amide bonds. The van der Waals surface area contributed by atoms with E-state index in [-0.39, 0.29) is 30.7 Å². The Morgan fingerprint density at radius 3 is 2.57 bits per heavy atom. The van der Waals surface area contributed by atoms with Crippen LogP contribution >= 0.6 is 0 Å². The minimum atomic E-state index is -3.03. The number of amides is 2. The van der Waals surface area contributed by atoms with Crippen molar-refractivity contribution in [3.05, 3.63) is 35.9 Å². The minimum absolute atomic E-state index is 0.0348. The van der Waals surface area contributed by atoms with Gasteiger partial charge in [-0.2, -0.15) is 0 Å². The van der Waals surface area contributed by atoms with Gasteiger partial charge in [-0.15, -0.1) is 0 Å². The summed E-state index contributed by atoms with van der Waals surface area (Å²) in [5.74, 6) is -0.733. The second kappa shape index (κ2) is 8.07. The molecule has 0 unspecified atom stereocenters. The zero-order chi connectivity index (χ0) is 16.7. The molecule has 126 valence electrons. The van der Waals surface area contributed by atoms with E-state index in [1.807, 2.05) is 30.3 Å². The molecule has 2 rings (SSSR count). The average Bonchev–Trinajstić information content (AvgIpc) is 2.85. The van der Waals surface area contributed by atoms with Crippen molar-refractivity contribution >= 4 is 21.7 Å². The van der Waals surface area contributed by atoms with Crippen LogP contribution in [0.2, 0.25) is 0 Å². The Balaban J connectivity index is 1.59. The van der Waals surface area contributed by atoms with Crippen LogP contribution in [0.25, 0.3) is 0 Å². The number of rotatable bonds is 7. The van der Waals surface area contributed by atoms with Crippen LogP contribution in [0.15, 0.2) is 30.3 Å². The van der Waals surface area contributed by atoms with Gasteiger partial charge in [-0.25, -0.2) is 8.42 Å². The lowest BCUT2D eigenvalue weighted by Crippen LogP contribution is -2.43. The largest absolute Gasteiger partial charge is 0.367 e. The van der Waals surface area contributed by atoms with E-state index in [1.165, 1.54) is 0 Å². The number of ether oxygens (including phenoxy) is 1. The highest BCUT2D eigenvalue weighted by Gasteiger charge is 2.28. The van der Waals surface area contributed by atoms with Gasteiger partial charge in [-0.05, 0) is 12.0 Å². The second-order valence-corrected chi connectivity index (χ2v) is 7.65. The summed E-state index contributed by atoms with van der Waals surface area (Å²) in [6.07, 6.45) is 0.419. The van der Waals surface area contributed by atoms with Crippen LogP contribution in [-0.4, -0.2) is 50.9 Å². The van der Waals surface area contributed by atoms with Crippen molar-refractivity contribution in [1.29, 1.82) is 0 Å². The third-order valence-electron chi connectivity index (χ3n) is 3.39. The highest BCUT2D eigenvalue weighted by molar-refractivity contribution is 7.91. The molecule has 1 fully saturated rings. The van der Waals surface area contributed by atoms with E-state index in [0.717, 1.165) is 5.56 Å². The van der Waals surface area contributed by atoms with Gasteiger partial charge >= 0.3 is 0 Å². The minimum Gasteiger partial charge on any atom is -0.367 e. The molecule has 1 aromatic rings. The molecule has 8 heteroatoms. The van der Waals surface area contributed by atoms with Crippen LogP contribution in [0.5, 0.6) is 0 Å². The monoisotopic (exact) mass is 340 g/mol. The van der Waals surface area contributed by atoms with Gasteiger partial charge in [0.1, 0.15) is 6.61 Å². The Labute approximate surface area is 135 Å². The standard InChI is InChI=1S/C15H20N2O5S/c18-14(17-13-6-7-23(20,21)11-13)8-16-15(19)10-22-9-12-4-2-1-3-5-12/h1-5,13H,6-11H2,(H,16,19)(H,17,18)/t13-/m0/s1. The zero-order valence-electron chi connectivity index (χ0n) is 12.7. The Hall–Kier alpha value is -1.93. The maximum absolute atomic E-state index is 11.6. The van der Waals surface area contributed by atoms with Crippen molar-refractivity contribution in [1.82, 2.24) is 10.6 Å². The molecule has 0 aromatic heterocycles. The van der Waals surface area contributed by atoms with Crippen molar-refractivity contribution in [2.45, 2.75) is 19.1 Å². The number of hydrogen-bond donors (Lipinski definition) is 2. The molecule has 23 heavy (non-hydrogen) atoms. The number of hydrogen-bond acceptors (Lipinski definition) is 5. The van der Waals surface area contributed by atoms with E-state index in [1.54, 1.807) is 0 Å². The van der Waals surface area contributed by atoms with Gasteiger partial charge in [0.05, 0.1) is 24.7 Å². The Morgan fingerprint density at radius 1 is 1.17 bits per heavy atom. The van der Waals surface area contributed by atoms with E-state index in [0.29, 0.717) is 13.0 Å². The second-order valence-electron chi connectivity index (χ2n) is 5.42. The lowest BCUT2D eigenvalue weighted by Gasteiger charge is -2.11. The Bertz CT molecular complexity index is 645. The lowest BCUT2D eigenvalue weighted by molar-refractivity contribution is -0.129. The van der Waals surface area contributed by atoms with Crippen molar-refractivity contribution in [2.75, 3.05) is 24.7 Å². The van der Waals surface area contributed by atoms with Crippen LogP contribution in [0.1, 0.15) is 12.0 Å². The average molecular weight is 340 g/mol. The molecule has 7 nitrogen and oxygen atoms in total. The Kier molecular flexibility index (Phi) is 6.12. The summed E-state index contributed by atoms with van der Waals surface area (Å²) in [5, 5.41) is 5.04. The molecular formula is C15H20N2O5S. The van der Waals surface area contributed by atoms with Crippen molar-refractivity contribution in [2.24, 2.45) is 0 Å². The molecule has 0 radical (unpaired) electrons. The normalized spacial score (nSPS) is 19.2. The quantitative estimate of drug-likeness (QED) is 0.705. The molecule has 0 saturated carbocycles. The highest BCUT2D eigenvalue weighted by Crippen LogP contribution is 2.10. The van der Waals surface area contributed by atoms with Crippen LogP contribution in [-0.2, 0) is 30.8 Å². The molecule has 0 aliphatic carbocycles. The fourth-order valence-electron chi connectivity index (χ4n) is 2.25. The third kappa shape index (κ3) is 6.37. The van der Waals surface area contributed by atoms with Crippen LogP contribution in [0.3, 0.4) is 0 Å². The fraction of sp³-hybridized carbons (Fsp3) is 0.467. The van der Waals surface area contributed by atoms with E-state index < -0.39 is 21.7 Å². The molecule has 1 saturated heterocycles. The van der Waals surface area contributed by atoms with Crippen molar-refractivity contribution < 1.29 is 22.7 Å². The molecule has 1 heterocycles. The predicted octanol–water partition coefficient (Wildman–Crippen LogP) is -0.377. The molecule has 1 aliphatic heterocycles. The van der Waals surface area contributed by atoms with Gasteiger partial charge in [0.15, 0.2) is 9.84 Å². The summed E-state index contributed by atoms with van der Waals surface area (Å²) in [6.45, 7) is -0.00947. The first-order chi connectivity index (χ1) is 10.9. The number of nitrogens with one attached hydrogen (secondary N) is 2. The van der Waals surface area contributed by atoms with Gasteiger partial charge < -0.3 is 15.4 Å². The fourth-order valence-corrected chi connectivity index (χ4v) is 3.93. The van der Waals surface area contributed by atoms with Gasteiger partial charge in [0, 0.05) is 6.04 Å². The topological polar surface area (TPSA) is 102 Å². The summed E-state index contributed by atoms with van der Waals surface area (Å²) in [7, 11) is -3.03. The summed E-state index contributed by atoms with van der Waals surface area (Å²) in [6, 6.07) is 9.07. The van der Waals surface area contributed by atoms with E-state index in [9.17, 15) is 18.0 Å². The maximum atomic E-state index is 11.6. The summed E-state index contributed by atoms with van der Waals surface area (Å²) < 4.78 is 27.8. The first-order valence-corrected chi connectivity index (χ1v) is 9.15. The lowest BCUT2D eigenvalue weighted by atomic mass is 10.2. The number of carbonyl (C=O) groups is 2. The Morgan fingerprint density at radius 2 is 1.91 bits per heavy atom. The van der Waals surface area contributed by atoms with Crippen LogP contribution < -0.4 is 10.6 Å². The molecule has 2 N–H and O–H groups in total. The van der Waals surface area contributed by atoms with Crippen molar-refractivity contribution in [3.63, 3.8) is 0 Å². The smallest absolute Gasteiger partial charge is 0.246 e. The zero-order valence-corrected chi connectivity index (χ0v) is 13.5. The predicted molar refractivity (Wildman–Crippen MR) is 84.3 cm³/mol. The van der Waals surface area contributed by atoms with E-state index >= 15 is 0 Å². The number of carbonyl (C=O) groups excluding carboxylic acids is 2. The summed E-state index contributed by atoms with van der Waals surface area (Å²) in [5.41, 5.74) is 0.959. The summed E-state index contributed by atoms with van der Waals surface area (Å²) >= 11 is 0. The van der Waals surface area contributed by atoms with Crippen LogP contribution in [0.4, 0.5) is 0 Å². The van der Waals surface area contributed by atoms with E-state index in [2.05, 4.69) is 10.6 Å². The van der Waals surface area contributed by atoms with Crippen molar-refractivity contribution in [3.8, 4) is 0 Å². The summed E-state index contributed by atoms with van der Waals surface area (Å²) in [4.78, 5) is 23.2. The van der Waals surface area contributed by atoms with Crippen LogP contribution in [0, 0.1) is 0 Å². The molecule has 1 atom stereocenters.